The molecule has 5 rings (SSSR count). The number of alkyl halides is 3. The minimum absolute atomic E-state index is 0.182. The van der Waals surface area contributed by atoms with Gasteiger partial charge in [0.25, 0.3) is 0 Å². The van der Waals surface area contributed by atoms with E-state index in [-0.39, 0.29) is 11.9 Å². The van der Waals surface area contributed by atoms with Crippen LogP contribution in [0, 0.1) is 5.82 Å². The number of halogens is 4. The van der Waals surface area contributed by atoms with Gasteiger partial charge in [-0.05, 0) is 25.0 Å². The summed E-state index contributed by atoms with van der Waals surface area (Å²) in [6, 6.07) is 10.1. The molecule has 0 unspecified atom stereocenters. The van der Waals surface area contributed by atoms with Gasteiger partial charge in [-0.15, -0.1) is 10.2 Å². The van der Waals surface area contributed by atoms with Crippen LogP contribution in [-0.4, -0.2) is 51.1 Å². The first-order valence-corrected chi connectivity index (χ1v) is 11.2. The van der Waals surface area contributed by atoms with Crippen LogP contribution < -0.4 is 9.80 Å². The van der Waals surface area contributed by atoms with Gasteiger partial charge >= 0.3 is 6.18 Å². The van der Waals surface area contributed by atoms with Gasteiger partial charge in [-0.25, -0.2) is 9.37 Å². The second-order valence-corrected chi connectivity index (χ2v) is 8.61. The van der Waals surface area contributed by atoms with Crippen molar-refractivity contribution in [2.24, 2.45) is 7.05 Å². The Morgan fingerprint density at radius 2 is 1.74 bits per heavy atom. The standard InChI is InChI=1S/C24H23F4N7/c1-33(23-19(24(26,27)28)13-15(25)14-29-23)16-8-11-35(12-9-16)22-18-6-4-3-5-17(18)21(31-32-22)20-7-10-30-34(20)2/h3-7,10,13-14,16H,8-9,11-12H2,1-2H3. The molecule has 4 aromatic rings. The highest BCUT2D eigenvalue weighted by Gasteiger charge is 2.37. The van der Waals surface area contributed by atoms with E-state index in [9.17, 15) is 17.6 Å². The van der Waals surface area contributed by atoms with Gasteiger partial charge in [-0.1, -0.05) is 24.3 Å². The van der Waals surface area contributed by atoms with Gasteiger partial charge in [0.1, 0.15) is 22.9 Å². The maximum atomic E-state index is 13.5. The number of aromatic nitrogens is 5. The van der Waals surface area contributed by atoms with Crippen LogP contribution in [0.25, 0.3) is 22.2 Å². The van der Waals surface area contributed by atoms with E-state index in [1.807, 2.05) is 37.4 Å². The summed E-state index contributed by atoms with van der Waals surface area (Å²) in [7, 11) is 3.43. The zero-order valence-electron chi connectivity index (χ0n) is 19.2. The number of anilines is 2. The number of fused-ring (bicyclic) bond motifs is 1. The molecule has 1 aliphatic heterocycles. The fourth-order valence-corrected chi connectivity index (χ4v) is 4.68. The fourth-order valence-electron chi connectivity index (χ4n) is 4.68. The van der Waals surface area contributed by atoms with Crippen molar-refractivity contribution in [2.75, 3.05) is 29.9 Å². The Bertz CT molecular complexity index is 1360. The molecule has 1 aliphatic rings. The molecular weight excluding hydrogens is 462 g/mol. The quantitative estimate of drug-likeness (QED) is 0.391. The first-order valence-electron chi connectivity index (χ1n) is 11.2. The molecule has 35 heavy (non-hydrogen) atoms. The Hall–Kier alpha value is -3.76. The van der Waals surface area contributed by atoms with Crippen molar-refractivity contribution in [3.63, 3.8) is 0 Å². The van der Waals surface area contributed by atoms with E-state index >= 15 is 0 Å². The van der Waals surface area contributed by atoms with Crippen LogP contribution in [0.4, 0.5) is 29.2 Å². The lowest BCUT2D eigenvalue weighted by Gasteiger charge is -2.38. The van der Waals surface area contributed by atoms with E-state index in [1.165, 1.54) is 4.90 Å². The van der Waals surface area contributed by atoms with Gasteiger partial charge in [0.2, 0.25) is 0 Å². The normalized spacial score (nSPS) is 15.1. The Morgan fingerprint density at radius 3 is 2.40 bits per heavy atom. The zero-order valence-corrected chi connectivity index (χ0v) is 19.2. The largest absolute Gasteiger partial charge is 0.420 e. The molecule has 0 spiro atoms. The third-order valence-electron chi connectivity index (χ3n) is 6.52. The van der Waals surface area contributed by atoms with Gasteiger partial charge in [0, 0.05) is 50.2 Å². The van der Waals surface area contributed by atoms with E-state index in [4.69, 9.17) is 0 Å². The van der Waals surface area contributed by atoms with Gasteiger partial charge in [0.15, 0.2) is 5.82 Å². The number of hydrogen-bond acceptors (Lipinski definition) is 6. The Balaban J connectivity index is 1.39. The van der Waals surface area contributed by atoms with Crippen LogP contribution in [0.2, 0.25) is 0 Å². The highest BCUT2D eigenvalue weighted by molar-refractivity contribution is 5.99. The summed E-state index contributed by atoms with van der Waals surface area (Å²) >= 11 is 0. The summed E-state index contributed by atoms with van der Waals surface area (Å²) in [6.45, 7) is 1.17. The molecule has 1 fully saturated rings. The number of piperidine rings is 1. The van der Waals surface area contributed by atoms with Crippen molar-refractivity contribution in [3.8, 4) is 11.4 Å². The molecule has 0 radical (unpaired) electrons. The zero-order chi connectivity index (χ0) is 24.7. The predicted molar refractivity (Wildman–Crippen MR) is 125 cm³/mol. The van der Waals surface area contributed by atoms with E-state index < -0.39 is 17.6 Å². The summed E-state index contributed by atoms with van der Waals surface area (Å²) in [5.74, 6) is -0.532. The van der Waals surface area contributed by atoms with E-state index in [2.05, 4.69) is 25.2 Å². The van der Waals surface area contributed by atoms with E-state index in [0.29, 0.717) is 32.0 Å². The molecule has 1 aromatic carbocycles. The maximum Gasteiger partial charge on any atom is 0.420 e. The monoisotopic (exact) mass is 485 g/mol. The average molecular weight is 485 g/mol. The number of benzene rings is 1. The van der Waals surface area contributed by atoms with Crippen LogP contribution in [0.1, 0.15) is 18.4 Å². The molecule has 11 heteroatoms. The van der Waals surface area contributed by atoms with Gasteiger partial charge in [0.05, 0.1) is 11.9 Å². The Labute approximate surface area is 199 Å². The molecule has 0 bridgehead atoms. The van der Waals surface area contributed by atoms with Gasteiger partial charge in [-0.2, -0.15) is 18.3 Å². The molecule has 0 saturated carbocycles. The van der Waals surface area contributed by atoms with Crippen LogP contribution in [0.5, 0.6) is 0 Å². The summed E-state index contributed by atoms with van der Waals surface area (Å²) in [4.78, 5) is 7.38. The third kappa shape index (κ3) is 4.26. The smallest absolute Gasteiger partial charge is 0.356 e. The molecule has 182 valence electrons. The number of rotatable bonds is 4. The minimum Gasteiger partial charge on any atom is -0.356 e. The van der Waals surface area contributed by atoms with Crippen molar-refractivity contribution in [1.29, 1.82) is 0 Å². The van der Waals surface area contributed by atoms with Gasteiger partial charge in [-0.3, -0.25) is 4.68 Å². The second kappa shape index (κ2) is 8.79. The summed E-state index contributed by atoms with van der Waals surface area (Å²) < 4.78 is 55.7. The van der Waals surface area contributed by atoms with Crippen molar-refractivity contribution < 1.29 is 17.6 Å². The lowest BCUT2D eigenvalue weighted by molar-refractivity contribution is -0.137. The molecule has 4 heterocycles. The predicted octanol–water partition coefficient (Wildman–Crippen LogP) is 4.69. The van der Waals surface area contributed by atoms with Crippen LogP contribution in [-0.2, 0) is 13.2 Å². The number of nitrogens with zero attached hydrogens (tertiary/aromatic N) is 7. The molecule has 0 atom stereocenters. The van der Waals surface area contributed by atoms with E-state index in [0.717, 1.165) is 34.2 Å². The van der Waals surface area contributed by atoms with Gasteiger partial charge < -0.3 is 9.80 Å². The third-order valence-corrected chi connectivity index (χ3v) is 6.52. The Morgan fingerprint density at radius 1 is 1.03 bits per heavy atom. The van der Waals surface area contributed by atoms with Crippen LogP contribution in [0.3, 0.4) is 0 Å². The van der Waals surface area contributed by atoms with Crippen LogP contribution in [0.15, 0.2) is 48.8 Å². The van der Waals surface area contributed by atoms with Crippen LogP contribution >= 0.6 is 0 Å². The van der Waals surface area contributed by atoms with Crippen molar-refractivity contribution >= 4 is 22.4 Å². The lowest BCUT2D eigenvalue weighted by Crippen LogP contribution is -2.44. The minimum atomic E-state index is -4.69. The molecule has 1 saturated heterocycles. The second-order valence-electron chi connectivity index (χ2n) is 8.61. The average Bonchev–Trinajstić information content (AvgIpc) is 3.28. The topological polar surface area (TPSA) is 63.0 Å². The summed E-state index contributed by atoms with van der Waals surface area (Å²) in [6.07, 6.45) is -0.981. The van der Waals surface area contributed by atoms with Crippen molar-refractivity contribution in [2.45, 2.75) is 25.1 Å². The lowest BCUT2D eigenvalue weighted by atomic mass is 10.0. The first kappa shape index (κ1) is 23.0. The molecule has 0 N–H and O–H groups in total. The number of hydrogen-bond donors (Lipinski definition) is 0. The Kier molecular flexibility index (Phi) is 5.78. The van der Waals surface area contributed by atoms with Crippen molar-refractivity contribution in [3.05, 3.63) is 60.2 Å². The maximum absolute atomic E-state index is 13.5. The summed E-state index contributed by atoms with van der Waals surface area (Å²) in [5, 5.41) is 15.2. The van der Waals surface area contributed by atoms with E-state index in [1.54, 1.807) is 17.9 Å². The van der Waals surface area contributed by atoms with Crippen molar-refractivity contribution in [1.82, 2.24) is 25.0 Å². The number of aryl methyl sites for hydroxylation is 1. The SMILES string of the molecule is CN(c1ncc(F)cc1C(F)(F)F)C1CCN(c2nnc(-c3ccnn3C)c3ccccc23)CC1. The first-order chi connectivity index (χ1) is 16.7. The molecule has 7 nitrogen and oxygen atoms in total. The molecule has 3 aromatic heterocycles. The molecule has 0 aliphatic carbocycles. The summed E-state index contributed by atoms with van der Waals surface area (Å²) in [5.41, 5.74) is 0.527. The molecular formula is C24H23F4N7. The molecule has 0 amide bonds. The number of pyridine rings is 1. The highest BCUT2D eigenvalue weighted by Crippen LogP contribution is 2.37. The highest BCUT2D eigenvalue weighted by atomic mass is 19.4. The fraction of sp³-hybridized carbons (Fsp3) is 0.333.